The second kappa shape index (κ2) is 5.48. The summed E-state index contributed by atoms with van der Waals surface area (Å²) in [7, 11) is 1.76. The normalized spacial score (nSPS) is 30.8. The molecule has 16 heavy (non-hydrogen) atoms. The van der Waals surface area contributed by atoms with Crippen LogP contribution in [0.5, 0.6) is 0 Å². The molecule has 1 N–H and O–H groups in total. The molecule has 1 aliphatic carbocycles. The summed E-state index contributed by atoms with van der Waals surface area (Å²) < 4.78 is 11.2. The van der Waals surface area contributed by atoms with E-state index in [9.17, 15) is 0 Å². The maximum Gasteiger partial charge on any atom is 0.0697 e. The summed E-state index contributed by atoms with van der Waals surface area (Å²) >= 11 is 0. The van der Waals surface area contributed by atoms with Crippen LogP contribution in [0.25, 0.3) is 0 Å². The van der Waals surface area contributed by atoms with Crippen molar-refractivity contribution in [2.45, 2.75) is 63.1 Å². The quantitative estimate of drug-likeness (QED) is 0.798. The van der Waals surface area contributed by atoms with Crippen molar-refractivity contribution in [3.8, 4) is 0 Å². The average molecular weight is 227 g/mol. The van der Waals surface area contributed by atoms with E-state index in [0.29, 0.717) is 12.1 Å². The topological polar surface area (TPSA) is 30.5 Å². The minimum absolute atomic E-state index is 0.225. The van der Waals surface area contributed by atoms with Crippen molar-refractivity contribution in [3.05, 3.63) is 0 Å². The first-order valence-corrected chi connectivity index (χ1v) is 6.63. The summed E-state index contributed by atoms with van der Waals surface area (Å²) in [5, 5.41) is 3.67. The van der Waals surface area contributed by atoms with E-state index >= 15 is 0 Å². The number of methoxy groups -OCH3 is 1. The second-order valence-corrected chi connectivity index (χ2v) is 5.45. The lowest BCUT2D eigenvalue weighted by Crippen LogP contribution is -2.48. The number of nitrogens with one attached hydrogen (secondary N) is 1. The van der Waals surface area contributed by atoms with Gasteiger partial charge in [-0.05, 0) is 32.6 Å². The van der Waals surface area contributed by atoms with Crippen LogP contribution >= 0.6 is 0 Å². The van der Waals surface area contributed by atoms with Crippen LogP contribution < -0.4 is 5.32 Å². The van der Waals surface area contributed by atoms with E-state index in [1.54, 1.807) is 7.11 Å². The molecule has 3 heteroatoms. The molecule has 3 nitrogen and oxygen atoms in total. The second-order valence-electron chi connectivity index (χ2n) is 5.45. The molecule has 94 valence electrons. The first-order valence-electron chi connectivity index (χ1n) is 6.63. The average Bonchev–Trinajstić information content (AvgIpc) is 2.66. The third-order valence-corrected chi connectivity index (χ3v) is 3.94. The van der Waals surface area contributed by atoms with Crippen molar-refractivity contribution in [2.75, 3.05) is 20.3 Å². The van der Waals surface area contributed by atoms with Gasteiger partial charge in [0.2, 0.25) is 0 Å². The largest absolute Gasteiger partial charge is 0.383 e. The lowest BCUT2D eigenvalue weighted by molar-refractivity contribution is -0.0852. The highest BCUT2D eigenvalue weighted by molar-refractivity contribution is 4.93. The monoisotopic (exact) mass is 227 g/mol. The fourth-order valence-electron chi connectivity index (χ4n) is 3.24. The first kappa shape index (κ1) is 12.3. The van der Waals surface area contributed by atoms with Crippen LogP contribution in [0.2, 0.25) is 0 Å². The van der Waals surface area contributed by atoms with Gasteiger partial charge in [0, 0.05) is 25.8 Å². The van der Waals surface area contributed by atoms with Gasteiger partial charge in [0.1, 0.15) is 0 Å². The van der Waals surface area contributed by atoms with Gasteiger partial charge in [-0.3, -0.25) is 0 Å². The molecule has 0 bridgehead atoms. The van der Waals surface area contributed by atoms with Crippen molar-refractivity contribution < 1.29 is 9.47 Å². The maximum atomic E-state index is 6.03. The lowest BCUT2D eigenvalue weighted by atomic mass is 9.88. The Morgan fingerprint density at radius 1 is 1.44 bits per heavy atom. The Bertz CT molecular complexity index is 214. The molecular weight excluding hydrogens is 202 g/mol. The van der Waals surface area contributed by atoms with E-state index in [0.717, 1.165) is 19.6 Å². The van der Waals surface area contributed by atoms with E-state index in [-0.39, 0.29) is 5.60 Å². The lowest BCUT2D eigenvalue weighted by Gasteiger charge is -2.39. The summed E-state index contributed by atoms with van der Waals surface area (Å²) in [4.78, 5) is 0. The highest BCUT2D eigenvalue weighted by Crippen LogP contribution is 2.39. The van der Waals surface area contributed by atoms with Gasteiger partial charge in [-0.15, -0.1) is 0 Å². The Morgan fingerprint density at radius 3 is 2.88 bits per heavy atom. The number of rotatable bonds is 4. The predicted octanol–water partition coefficient (Wildman–Crippen LogP) is 2.10. The molecule has 1 saturated carbocycles. The molecule has 0 radical (unpaired) electrons. The molecule has 2 aliphatic rings. The minimum Gasteiger partial charge on any atom is -0.383 e. The Kier molecular flexibility index (Phi) is 4.22. The zero-order chi connectivity index (χ0) is 11.4. The number of hydrogen-bond donors (Lipinski definition) is 1. The van der Waals surface area contributed by atoms with E-state index < -0.39 is 0 Å². The Balaban J connectivity index is 1.82. The van der Waals surface area contributed by atoms with Crippen molar-refractivity contribution in [3.63, 3.8) is 0 Å². The SMILES string of the molecule is COCC(C)NC1CCOC2(CCCC2)C1. The Labute approximate surface area is 98.9 Å². The summed E-state index contributed by atoms with van der Waals surface area (Å²) in [5.74, 6) is 0. The number of hydrogen-bond acceptors (Lipinski definition) is 3. The first-order chi connectivity index (χ1) is 7.74. The fraction of sp³-hybridized carbons (Fsp3) is 1.00. The fourth-order valence-corrected chi connectivity index (χ4v) is 3.24. The van der Waals surface area contributed by atoms with Crippen LogP contribution in [-0.4, -0.2) is 38.0 Å². The van der Waals surface area contributed by atoms with Gasteiger partial charge in [0.15, 0.2) is 0 Å². The van der Waals surface area contributed by atoms with Gasteiger partial charge >= 0.3 is 0 Å². The Morgan fingerprint density at radius 2 is 2.19 bits per heavy atom. The van der Waals surface area contributed by atoms with E-state index in [2.05, 4.69) is 12.2 Å². The van der Waals surface area contributed by atoms with Gasteiger partial charge in [0.25, 0.3) is 0 Å². The van der Waals surface area contributed by atoms with Crippen LogP contribution in [0.4, 0.5) is 0 Å². The Hall–Kier alpha value is -0.120. The van der Waals surface area contributed by atoms with Gasteiger partial charge in [-0.2, -0.15) is 0 Å². The molecule has 0 aromatic heterocycles. The molecule has 2 unspecified atom stereocenters. The zero-order valence-corrected chi connectivity index (χ0v) is 10.6. The number of ether oxygens (including phenoxy) is 2. The van der Waals surface area contributed by atoms with Crippen LogP contribution in [0.15, 0.2) is 0 Å². The van der Waals surface area contributed by atoms with Crippen molar-refractivity contribution in [1.29, 1.82) is 0 Å². The highest BCUT2D eigenvalue weighted by atomic mass is 16.5. The molecule has 1 saturated heterocycles. The third kappa shape index (κ3) is 2.96. The molecule has 2 atom stereocenters. The molecule has 0 aromatic rings. The molecule has 2 fully saturated rings. The zero-order valence-electron chi connectivity index (χ0n) is 10.6. The molecule has 1 aliphatic heterocycles. The van der Waals surface area contributed by atoms with Gasteiger partial charge in [0.05, 0.1) is 12.2 Å². The van der Waals surface area contributed by atoms with Crippen molar-refractivity contribution in [1.82, 2.24) is 5.32 Å². The molecule has 0 amide bonds. The molecule has 1 heterocycles. The van der Waals surface area contributed by atoms with Crippen molar-refractivity contribution >= 4 is 0 Å². The van der Waals surface area contributed by atoms with Crippen LogP contribution in [-0.2, 0) is 9.47 Å². The predicted molar refractivity (Wildman–Crippen MR) is 64.6 cm³/mol. The van der Waals surface area contributed by atoms with Crippen LogP contribution in [0, 0.1) is 0 Å². The molecule has 1 spiro atoms. The standard InChI is InChI=1S/C13H25NO2/c1-11(10-15-2)14-12-5-8-16-13(9-12)6-3-4-7-13/h11-12,14H,3-10H2,1-2H3. The van der Waals surface area contributed by atoms with E-state index in [1.807, 2.05) is 0 Å². The third-order valence-electron chi connectivity index (χ3n) is 3.94. The highest BCUT2D eigenvalue weighted by Gasteiger charge is 2.39. The maximum absolute atomic E-state index is 6.03. The smallest absolute Gasteiger partial charge is 0.0697 e. The minimum atomic E-state index is 0.225. The molecule has 0 aromatic carbocycles. The van der Waals surface area contributed by atoms with Gasteiger partial charge in [-0.25, -0.2) is 0 Å². The summed E-state index contributed by atoms with van der Waals surface area (Å²) in [6.07, 6.45) is 7.57. The van der Waals surface area contributed by atoms with Crippen LogP contribution in [0.3, 0.4) is 0 Å². The van der Waals surface area contributed by atoms with E-state index in [1.165, 1.54) is 32.1 Å². The summed E-state index contributed by atoms with van der Waals surface area (Å²) in [6.45, 7) is 3.92. The van der Waals surface area contributed by atoms with Crippen LogP contribution in [0.1, 0.15) is 45.4 Å². The molecule has 2 rings (SSSR count). The van der Waals surface area contributed by atoms with E-state index in [4.69, 9.17) is 9.47 Å². The summed E-state index contributed by atoms with van der Waals surface area (Å²) in [6, 6.07) is 1.07. The van der Waals surface area contributed by atoms with Crippen molar-refractivity contribution in [2.24, 2.45) is 0 Å². The van der Waals surface area contributed by atoms with Gasteiger partial charge < -0.3 is 14.8 Å². The molecular formula is C13H25NO2. The summed E-state index contributed by atoms with van der Waals surface area (Å²) in [5.41, 5.74) is 0.225. The van der Waals surface area contributed by atoms with Gasteiger partial charge in [-0.1, -0.05) is 12.8 Å².